The Hall–Kier alpha value is -1.58. The maximum Gasteiger partial charge on any atom is 0.177 e. The second-order valence-electron chi connectivity index (χ2n) is 2.34. The van der Waals surface area contributed by atoms with E-state index >= 15 is 0 Å². The highest BCUT2D eigenvalue weighted by Gasteiger charge is 2.11. The molecular formula is C9H10FNO2. The normalized spacial score (nSPS) is 9.46. The molecule has 0 amide bonds. The van der Waals surface area contributed by atoms with E-state index in [2.05, 4.69) is 0 Å². The summed E-state index contributed by atoms with van der Waals surface area (Å²) in [7, 11) is 2.80. The zero-order valence-electron chi connectivity index (χ0n) is 7.43. The highest BCUT2D eigenvalue weighted by Crippen LogP contribution is 2.26. The molecule has 1 N–H and O–H groups in total. The van der Waals surface area contributed by atoms with E-state index in [4.69, 9.17) is 14.9 Å². The molecule has 4 heteroatoms. The first-order valence-corrected chi connectivity index (χ1v) is 3.65. The lowest BCUT2D eigenvalue weighted by molar-refractivity contribution is 0.376. The Bertz CT molecular complexity index is 326. The number of halogens is 1. The SMILES string of the molecule is COc1ccc(OC)c(C=N)c1F. The van der Waals surface area contributed by atoms with Crippen LogP contribution in [0.25, 0.3) is 0 Å². The van der Waals surface area contributed by atoms with Gasteiger partial charge in [0.15, 0.2) is 11.6 Å². The Labute approximate surface area is 75.6 Å². The van der Waals surface area contributed by atoms with Gasteiger partial charge in [0.2, 0.25) is 0 Å². The van der Waals surface area contributed by atoms with Gasteiger partial charge >= 0.3 is 0 Å². The predicted molar refractivity (Wildman–Crippen MR) is 47.4 cm³/mol. The van der Waals surface area contributed by atoms with Gasteiger partial charge in [0.1, 0.15) is 5.75 Å². The van der Waals surface area contributed by atoms with Crippen molar-refractivity contribution in [1.82, 2.24) is 0 Å². The minimum Gasteiger partial charge on any atom is -0.496 e. The molecule has 0 atom stereocenters. The van der Waals surface area contributed by atoms with Crippen molar-refractivity contribution in [2.45, 2.75) is 0 Å². The van der Waals surface area contributed by atoms with Crippen molar-refractivity contribution in [2.24, 2.45) is 0 Å². The van der Waals surface area contributed by atoms with Crippen LogP contribution in [0.15, 0.2) is 12.1 Å². The van der Waals surface area contributed by atoms with Crippen LogP contribution < -0.4 is 9.47 Å². The van der Waals surface area contributed by atoms with Crippen LogP contribution in [0.1, 0.15) is 5.56 Å². The third-order valence-corrected chi connectivity index (χ3v) is 1.69. The van der Waals surface area contributed by atoms with Crippen LogP contribution in [-0.2, 0) is 0 Å². The molecular weight excluding hydrogens is 173 g/mol. The minimum absolute atomic E-state index is 0.0989. The van der Waals surface area contributed by atoms with Gasteiger partial charge in [-0.1, -0.05) is 0 Å². The smallest absolute Gasteiger partial charge is 0.177 e. The van der Waals surface area contributed by atoms with E-state index in [1.54, 1.807) is 6.07 Å². The van der Waals surface area contributed by atoms with Gasteiger partial charge in [0.05, 0.1) is 19.8 Å². The van der Waals surface area contributed by atoms with E-state index in [0.29, 0.717) is 5.75 Å². The molecule has 0 aliphatic rings. The standard InChI is InChI=1S/C9H10FNO2/c1-12-7-3-4-8(13-2)9(10)6(7)5-11/h3-5,11H,1-2H3. The molecule has 1 aromatic carbocycles. The quantitative estimate of drug-likeness (QED) is 0.726. The maximum absolute atomic E-state index is 13.4. The zero-order valence-corrected chi connectivity index (χ0v) is 7.43. The van der Waals surface area contributed by atoms with Crippen LogP contribution in [0.3, 0.4) is 0 Å². The zero-order chi connectivity index (χ0) is 9.84. The van der Waals surface area contributed by atoms with Gasteiger partial charge in [0, 0.05) is 6.21 Å². The van der Waals surface area contributed by atoms with E-state index < -0.39 is 5.82 Å². The lowest BCUT2D eigenvalue weighted by Gasteiger charge is -2.08. The topological polar surface area (TPSA) is 42.3 Å². The Morgan fingerprint density at radius 3 is 2.23 bits per heavy atom. The van der Waals surface area contributed by atoms with Gasteiger partial charge in [-0.05, 0) is 12.1 Å². The molecule has 0 saturated carbocycles. The monoisotopic (exact) mass is 183 g/mol. The first-order chi connectivity index (χ1) is 6.24. The van der Waals surface area contributed by atoms with E-state index in [-0.39, 0.29) is 11.3 Å². The summed E-state index contributed by atoms with van der Waals surface area (Å²) in [4.78, 5) is 0. The van der Waals surface area contributed by atoms with Crippen molar-refractivity contribution in [3.63, 3.8) is 0 Å². The molecule has 0 aliphatic heterocycles. The molecule has 0 aromatic heterocycles. The lowest BCUT2D eigenvalue weighted by atomic mass is 10.2. The summed E-state index contributed by atoms with van der Waals surface area (Å²) in [5.74, 6) is -0.135. The lowest BCUT2D eigenvalue weighted by Crippen LogP contribution is -1.97. The van der Waals surface area contributed by atoms with Crippen molar-refractivity contribution in [1.29, 1.82) is 5.41 Å². The van der Waals surface area contributed by atoms with Crippen LogP contribution in [0, 0.1) is 11.2 Å². The third-order valence-electron chi connectivity index (χ3n) is 1.69. The summed E-state index contributed by atoms with van der Waals surface area (Å²) in [6.07, 6.45) is 0.899. The summed E-state index contributed by atoms with van der Waals surface area (Å²) in [6.45, 7) is 0. The molecule has 1 aromatic rings. The molecule has 0 aliphatic carbocycles. The van der Waals surface area contributed by atoms with Crippen molar-refractivity contribution in [2.75, 3.05) is 14.2 Å². The second-order valence-corrected chi connectivity index (χ2v) is 2.34. The minimum atomic E-state index is -0.572. The largest absolute Gasteiger partial charge is 0.496 e. The Morgan fingerprint density at radius 2 is 1.77 bits per heavy atom. The summed E-state index contributed by atoms with van der Waals surface area (Å²) in [6, 6.07) is 3.02. The van der Waals surface area contributed by atoms with Crippen molar-refractivity contribution >= 4 is 6.21 Å². The third kappa shape index (κ3) is 1.61. The molecule has 0 spiro atoms. The maximum atomic E-state index is 13.4. The molecule has 0 bridgehead atoms. The van der Waals surface area contributed by atoms with Gasteiger partial charge in [-0.2, -0.15) is 0 Å². The first-order valence-electron chi connectivity index (χ1n) is 3.65. The molecule has 0 saturated heterocycles. The molecule has 0 fully saturated rings. The second kappa shape index (κ2) is 3.89. The summed E-state index contributed by atoms with van der Waals surface area (Å²) in [5.41, 5.74) is 0.0989. The molecule has 70 valence electrons. The average Bonchev–Trinajstić information content (AvgIpc) is 2.17. The van der Waals surface area contributed by atoms with Crippen LogP contribution in [-0.4, -0.2) is 20.4 Å². The Balaban J connectivity index is 3.31. The molecule has 0 unspecified atom stereocenters. The Morgan fingerprint density at radius 1 is 1.23 bits per heavy atom. The summed E-state index contributed by atoms with van der Waals surface area (Å²) >= 11 is 0. The fraction of sp³-hybridized carbons (Fsp3) is 0.222. The van der Waals surface area contributed by atoms with Crippen LogP contribution in [0.5, 0.6) is 11.5 Å². The van der Waals surface area contributed by atoms with Gasteiger partial charge in [-0.3, -0.25) is 0 Å². The summed E-state index contributed by atoms with van der Waals surface area (Å²) < 4.78 is 23.0. The van der Waals surface area contributed by atoms with Crippen molar-refractivity contribution in [3.05, 3.63) is 23.5 Å². The predicted octanol–water partition coefficient (Wildman–Crippen LogP) is 1.84. The number of benzene rings is 1. The van der Waals surface area contributed by atoms with Gasteiger partial charge in [0.25, 0.3) is 0 Å². The number of hydrogen-bond acceptors (Lipinski definition) is 3. The summed E-state index contributed by atoms with van der Waals surface area (Å²) in [5, 5.41) is 7.00. The number of methoxy groups -OCH3 is 2. The fourth-order valence-electron chi connectivity index (χ4n) is 1.03. The Kier molecular flexibility index (Phi) is 2.84. The average molecular weight is 183 g/mol. The van der Waals surface area contributed by atoms with Crippen LogP contribution >= 0.6 is 0 Å². The van der Waals surface area contributed by atoms with Crippen LogP contribution in [0.2, 0.25) is 0 Å². The van der Waals surface area contributed by atoms with E-state index in [9.17, 15) is 4.39 Å². The van der Waals surface area contributed by atoms with Gasteiger partial charge < -0.3 is 14.9 Å². The number of nitrogens with one attached hydrogen (secondary N) is 1. The molecule has 1 rings (SSSR count). The van der Waals surface area contributed by atoms with Gasteiger partial charge in [-0.15, -0.1) is 0 Å². The molecule has 13 heavy (non-hydrogen) atoms. The van der Waals surface area contributed by atoms with Crippen LogP contribution in [0.4, 0.5) is 4.39 Å². The highest BCUT2D eigenvalue weighted by atomic mass is 19.1. The molecule has 0 radical (unpaired) electrons. The van der Waals surface area contributed by atoms with E-state index in [1.165, 1.54) is 20.3 Å². The fourth-order valence-corrected chi connectivity index (χ4v) is 1.03. The number of hydrogen-bond donors (Lipinski definition) is 1. The first kappa shape index (κ1) is 9.51. The van der Waals surface area contributed by atoms with Crippen molar-refractivity contribution < 1.29 is 13.9 Å². The number of ether oxygens (including phenoxy) is 2. The number of rotatable bonds is 3. The van der Waals surface area contributed by atoms with E-state index in [1.807, 2.05) is 0 Å². The highest BCUT2D eigenvalue weighted by molar-refractivity contribution is 5.82. The molecule has 0 heterocycles. The molecule has 3 nitrogen and oxygen atoms in total. The van der Waals surface area contributed by atoms with Gasteiger partial charge in [-0.25, -0.2) is 4.39 Å². The van der Waals surface area contributed by atoms with E-state index in [0.717, 1.165) is 6.21 Å². The van der Waals surface area contributed by atoms with Crippen molar-refractivity contribution in [3.8, 4) is 11.5 Å².